The van der Waals surface area contributed by atoms with Crippen LogP contribution in [0.25, 0.3) is 22.2 Å². The first kappa shape index (κ1) is 19.4. The number of methoxy groups -OCH3 is 1. The summed E-state index contributed by atoms with van der Waals surface area (Å²) in [6.07, 6.45) is 2.62. The maximum atomic E-state index is 11.8. The van der Waals surface area contributed by atoms with E-state index in [9.17, 15) is 4.79 Å². The minimum atomic E-state index is -0.264. The number of hydrogen-bond acceptors (Lipinski definition) is 3. The molecule has 0 spiro atoms. The number of anilines is 2. The van der Waals surface area contributed by atoms with Crippen LogP contribution >= 0.6 is 0 Å². The predicted octanol–water partition coefficient (Wildman–Crippen LogP) is 4.62. The number of benzene rings is 2. The van der Waals surface area contributed by atoms with Gasteiger partial charge >= 0.3 is 6.03 Å². The van der Waals surface area contributed by atoms with Crippen LogP contribution in [-0.4, -0.2) is 24.3 Å². The highest BCUT2D eigenvalue weighted by molar-refractivity contribution is 6.01. The number of hydrogen-bond donors (Lipinski definition) is 3. The molecule has 146 valence electrons. The van der Waals surface area contributed by atoms with Crippen LogP contribution in [0.2, 0.25) is 0 Å². The minimum Gasteiger partial charge on any atom is -0.497 e. The van der Waals surface area contributed by atoms with Crippen molar-refractivity contribution in [1.29, 1.82) is 0 Å². The first-order chi connectivity index (χ1) is 13.6. The Balaban J connectivity index is 1.98. The Kier molecular flexibility index (Phi) is 5.89. The van der Waals surface area contributed by atoms with Crippen molar-refractivity contribution in [2.24, 2.45) is 0 Å². The van der Waals surface area contributed by atoms with E-state index in [0.717, 1.165) is 46.6 Å². The quantitative estimate of drug-likeness (QED) is 0.525. The van der Waals surface area contributed by atoms with Crippen LogP contribution in [0.3, 0.4) is 0 Å². The summed E-state index contributed by atoms with van der Waals surface area (Å²) in [5, 5.41) is 6.47. The van der Waals surface area contributed by atoms with Gasteiger partial charge in [-0.15, -0.1) is 6.58 Å². The molecule has 1 aromatic heterocycles. The largest absolute Gasteiger partial charge is 0.497 e. The van der Waals surface area contributed by atoms with Crippen molar-refractivity contribution < 1.29 is 9.53 Å². The topological polar surface area (TPSA) is 81.3 Å². The summed E-state index contributed by atoms with van der Waals surface area (Å²) in [4.78, 5) is 11.8. The number of nitrogens with zero attached hydrogens (tertiary/aromatic N) is 1. The standard InChI is InChI=1S/C22H26N4O2/c1-4-12-24-22(27)25-16-8-6-15(7-9-16)21-20(23)18-14-17(28-3)10-11-19(18)26(21)13-5-2/h4,6-11,14H,1,5,12-13,23H2,2-3H3,(H2,24,25,27). The second kappa shape index (κ2) is 8.52. The van der Waals surface area contributed by atoms with E-state index >= 15 is 0 Å². The smallest absolute Gasteiger partial charge is 0.319 e. The molecule has 2 aromatic carbocycles. The summed E-state index contributed by atoms with van der Waals surface area (Å²) < 4.78 is 7.60. The highest BCUT2D eigenvalue weighted by atomic mass is 16.5. The molecule has 3 rings (SSSR count). The lowest BCUT2D eigenvalue weighted by Crippen LogP contribution is -2.28. The summed E-state index contributed by atoms with van der Waals surface area (Å²) in [6.45, 7) is 7.00. The number of aromatic nitrogens is 1. The lowest BCUT2D eigenvalue weighted by Gasteiger charge is -2.12. The maximum Gasteiger partial charge on any atom is 0.319 e. The Morgan fingerprint density at radius 3 is 2.64 bits per heavy atom. The van der Waals surface area contributed by atoms with Gasteiger partial charge in [0.2, 0.25) is 0 Å². The van der Waals surface area contributed by atoms with Gasteiger partial charge in [-0.05, 0) is 36.8 Å². The fourth-order valence-electron chi connectivity index (χ4n) is 3.31. The fraction of sp³-hybridized carbons (Fsp3) is 0.227. The fourth-order valence-corrected chi connectivity index (χ4v) is 3.31. The van der Waals surface area contributed by atoms with Crippen LogP contribution in [0.4, 0.5) is 16.2 Å². The van der Waals surface area contributed by atoms with E-state index < -0.39 is 0 Å². The van der Waals surface area contributed by atoms with Gasteiger partial charge in [-0.3, -0.25) is 0 Å². The van der Waals surface area contributed by atoms with Gasteiger partial charge < -0.3 is 25.7 Å². The molecule has 0 aliphatic heterocycles. The van der Waals surface area contributed by atoms with E-state index in [1.165, 1.54) is 0 Å². The van der Waals surface area contributed by atoms with Gasteiger partial charge in [0.15, 0.2) is 0 Å². The molecule has 0 aliphatic rings. The van der Waals surface area contributed by atoms with Crippen LogP contribution in [0.5, 0.6) is 5.75 Å². The Morgan fingerprint density at radius 1 is 1.25 bits per heavy atom. The van der Waals surface area contributed by atoms with Gasteiger partial charge in [0, 0.05) is 29.7 Å². The number of amides is 2. The molecular formula is C22H26N4O2. The number of aryl methyl sites for hydroxylation is 1. The van der Waals surface area contributed by atoms with E-state index in [4.69, 9.17) is 10.5 Å². The first-order valence-electron chi connectivity index (χ1n) is 9.31. The molecule has 3 aromatic rings. The van der Waals surface area contributed by atoms with Gasteiger partial charge in [-0.1, -0.05) is 25.1 Å². The number of carbonyl (C=O) groups excluding carboxylic acids is 1. The molecule has 0 unspecified atom stereocenters. The third kappa shape index (κ3) is 3.81. The molecule has 0 saturated heterocycles. The van der Waals surface area contributed by atoms with Crippen LogP contribution < -0.4 is 21.1 Å². The van der Waals surface area contributed by atoms with E-state index in [0.29, 0.717) is 12.2 Å². The van der Waals surface area contributed by atoms with Crippen molar-refractivity contribution in [2.45, 2.75) is 19.9 Å². The third-order valence-electron chi connectivity index (χ3n) is 4.58. The van der Waals surface area contributed by atoms with Crippen molar-refractivity contribution in [2.75, 3.05) is 24.7 Å². The van der Waals surface area contributed by atoms with Gasteiger partial charge in [0.05, 0.1) is 24.0 Å². The number of nitrogen functional groups attached to an aromatic ring is 1. The summed E-state index contributed by atoms with van der Waals surface area (Å²) in [7, 11) is 1.65. The zero-order valence-corrected chi connectivity index (χ0v) is 16.3. The molecule has 0 bridgehead atoms. The average molecular weight is 378 g/mol. The Labute approximate surface area is 165 Å². The van der Waals surface area contributed by atoms with Crippen molar-refractivity contribution >= 4 is 28.3 Å². The molecule has 6 nitrogen and oxygen atoms in total. The van der Waals surface area contributed by atoms with Crippen LogP contribution in [-0.2, 0) is 6.54 Å². The average Bonchev–Trinajstić information content (AvgIpc) is 2.98. The molecular weight excluding hydrogens is 352 g/mol. The Hall–Kier alpha value is -3.41. The van der Waals surface area contributed by atoms with Gasteiger partial charge in [0.25, 0.3) is 0 Å². The molecule has 0 atom stereocenters. The minimum absolute atomic E-state index is 0.264. The van der Waals surface area contributed by atoms with Crippen LogP contribution in [0.15, 0.2) is 55.1 Å². The van der Waals surface area contributed by atoms with Crippen LogP contribution in [0.1, 0.15) is 13.3 Å². The number of ether oxygens (including phenoxy) is 1. The second-order valence-corrected chi connectivity index (χ2v) is 6.50. The summed E-state index contributed by atoms with van der Waals surface area (Å²) in [5.41, 5.74) is 11.0. The zero-order chi connectivity index (χ0) is 20.1. The Morgan fingerprint density at radius 2 is 2.00 bits per heavy atom. The molecule has 28 heavy (non-hydrogen) atoms. The van der Waals surface area contributed by atoms with Crippen molar-refractivity contribution in [3.05, 3.63) is 55.1 Å². The van der Waals surface area contributed by atoms with Gasteiger partial charge in [0.1, 0.15) is 5.75 Å². The first-order valence-corrected chi connectivity index (χ1v) is 9.31. The number of fused-ring (bicyclic) bond motifs is 1. The van der Waals surface area contributed by atoms with Gasteiger partial charge in [-0.2, -0.15) is 0 Å². The Bertz CT molecular complexity index is 990. The lowest BCUT2D eigenvalue weighted by atomic mass is 10.1. The summed E-state index contributed by atoms with van der Waals surface area (Å²) in [6, 6.07) is 13.4. The van der Waals surface area contributed by atoms with Crippen LogP contribution in [0, 0.1) is 0 Å². The highest BCUT2D eigenvalue weighted by Crippen LogP contribution is 2.38. The van der Waals surface area contributed by atoms with Crippen molar-refractivity contribution in [1.82, 2.24) is 9.88 Å². The van der Waals surface area contributed by atoms with Crippen molar-refractivity contribution in [3.63, 3.8) is 0 Å². The number of carbonyl (C=O) groups is 1. The number of nitrogens with two attached hydrogens (primary N) is 1. The molecule has 0 aliphatic carbocycles. The maximum absolute atomic E-state index is 11.8. The van der Waals surface area contributed by atoms with E-state index in [1.807, 2.05) is 42.5 Å². The molecule has 0 fully saturated rings. The summed E-state index contributed by atoms with van der Waals surface area (Å²) in [5.74, 6) is 0.782. The number of rotatable bonds is 7. The van der Waals surface area contributed by atoms with E-state index in [1.54, 1.807) is 13.2 Å². The second-order valence-electron chi connectivity index (χ2n) is 6.50. The molecule has 2 amide bonds. The predicted molar refractivity (Wildman–Crippen MR) is 116 cm³/mol. The summed E-state index contributed by atoms with van der Waals surface area (Å²) >= 11 is 0. The lowest BCUT2D eigenvalue weighted by molar-refractivity contribution is 0.253. The normalized spacial score (nSPS) is 10.6. The van der Waals surface area contributed by atoms with E-state index in [-0.39, 0.29) is 6.03 Å². The zero-order valence-electron chi connectivity index (χ0n) is 16.3. The molecule has 6 heteroatoms. The van der Waals surface area contributed by atoms with Crippen molar-refractivity contribution in [3.8, 4) is 17.0 Å². The third-order valence-corrected chi connectivity index (χ3v) is 4.58. The number of urea groups is 1. The van der Waals surface area contributed by atoms with E-state index in [2.05, 4.69) is 28.7 Å². The molecule has 1 heterocycles. The SMILES string of the molecule is C=CCNC(=O)Nc1ccc(-c2c(N)c3cc(OC)ccc3n2CCC)cc1. The highest BCUT2D eigenvalue weighted by Gasteiger charge is 2.17. The monoisotopic (exact) mass is 378 g/mol. The molecule has 0 radical (unpaired) electrons. The molecule has 0 saturated carbocycles. The van der Waals surface area contributed by atoms with Gasteiger partial charge in [-0.25, -0.2) is 4.79 Å². The molecule has 4 N–H and O–H groups in total. The number of nitrogens with one attached hydrogen (secondary N) is 2.